The molecule has 2 aromatic carbocycles. The third-order valence-corrected chi connectivity index (χ3v) is 5.32. The van der Waals surface area contributed by atoms with Crippen LogP contribution in [0.2, 0.25) is 5.02 Å². The standard InChI is InChI=1S/C22H22ClN3O.ClH/c23-20-10-11-21(24-22(20)27)18-6-8-19(9-7-18)26-14-12-25(13-15-26)16-17-4-2-1-3-5-17;/h1-11H,12-16H2,(H,24,27);1H. The quantitative estimate of drug-likeness (QED) is 0.684. The molecule has 1 aliphatic heterocycles. The minimum absolute atomic E-state index is 0. The van der Waals surface area contributed by atoms with E-state index in [1.807, 2.05) is 18.2 Å². The van der Waals surface area contributed by atoms with E-state index in [1.54, 1.807) is 6.07 Å². The van der Waals surface area contributed by atoms with E-state index in [1.165, 1.54) is 11.3 Å². The van der Waals surface area contributed by atoms with Gasteiger partial charge in [0.05, 0.1) is 0 Å². The van der Waals surface area contributed by atoms with Crippen LogP contribution in [0.1, 0.15) is 5.56 Å². The molecule has 0 radical (unpaired) electrons. The lowest BCUT2D eigenvalue weighted by atomic mass is 10.1. The first kappa shape index (κ1) is 20.5. The lowest BCUT2D eigenvalue weighted by molar-refractivity contribution is 0.250. The molecule has 1 fully saturated rings. The van der Waals surface area contributed by atoms with Crippen LogP contribution in [0.4, 0.5) is 5.69 Å². The summed E-state index contributed by atoms with van der Waals surface area (Å²) in [5, 5.41) is 0.212. The molecule has 1 N–H and O–H groups in total. The molecule has 1 saturated heterocycles. The third-order valence-electron chi connectivity index (χ3n) is 5.03. The maximum absolute atomic E-state index is 11.7. The molecular formula is C22H23Cl2N3O. The van der Waals surface area contributed by atoms with E-state index in [-0.39, 0.29) is 23.0 Å². The van der Waals surface area contributed by atoms with Crippen molar-refractivity contribution in [2.75, 3.05) is 31.1 Å². The molecule has 2 heterocycles. The van der Waals surface area contributed by atoms with Gasteiger partial charge in [0, 0.05) is 44.1 Å². The van der Waals surface area contributed by atoms with Crippen LogP contribution < -0.4 is 10.5 Å². The molecule has 0 atom stereocenters. The molecule has 4 rings (SSSR count). The average Bonchev–Trinajstić information content (AvgIpc) is 2.72. The highest BCUT2D eigenvalue weighted by atomic mass is 35.5. The summed E-state index contributed by atoms with van der Waals surface area (Å²) in [4.78, 5) is 19.4. The monoisotopic (exact) mass is 415 g/mol. The van der Waals surface area contributed by atoms with Crippen molar-refractivity contribution in [3.05, 3.63) is 87.7 Å². The molecule has 0 amide bonds. The van der Waals surface area contributed by atoms with Crippen molar-refractivity contribution in [2.45, 2.75) is 6.54 Å². The number of halogens is 2. The van der Waals surface area contributed by atoms with Crippen molar-refractivity contribution in [3.8, 4) is 11.3 Å². The zero-order valence-electron chi connectivity index (χ0n) is 15.5. The molecule has 146 valence electrons. The molecule has 0 unspecified atom stereocenters. The van der Waals surface area contributed by atoms with Gasteiger partial charge in [-0.15, -0.1) is 12.4 Å². The summed E-state index contributed by atoms with van der Waals surface area (Å²) < 4.78 is 0. The number of nitrogens with zero attached hydrogens (tertiary/aromatic N) is 2. The maximum Gasteiger partial charge on any atom is 0.267 e. The first-order chi connectivity index (χ1) is 13.2. The fourth-order valence-electron chi connectivity index (χ4n) is 3.48. The Morgan fingerprint density at radius 2 is 1.54 bits per heavy atom. The Hall–Kier alpha value is -2.27. The molecule has 6 heteroatoms. The second kappa shape index (κ2) is 9.28. The summed E-state index contributed by atoms with van der Waals surface area (Å²) in [6.07, 6.45) is 0. The van der Waals surface area contributed by atoms with Gasteiger partial charge in [0.1, 0.15) is 5.02 Å². The molecule has 0 saturated carbocycles. The van der Waals surface area contributed by atoms with Crippen molar-refractivity contribution >= 4 is 29.7 Å². The first-order valence-electron chi connectivity index (χ1n) is 9.19. The molecule has 0 aliphatic carbocycles. The van der Waals surface area contributed by atoms with Gasteiger partial charge in [-0.05, 0) is 35.4 Å². The number of benzene rings is 2. The number of hydrogen-bond donors (Lipinski definition) is 1. The Kier molecular flexibility index (Phi) is 6.79. The summed E-state index contributed by atoms with van der Waals surface area (Å²) in [5.74, 6) is 0. The number of aromatic nitrogens is 1. The molecule has 28 heavy (non-hydrogen) atoms. The molecular weight excluding hydrogens is 393 g/mol. The van der Waals surface area contributed by atoms with Crippen molar-refractivity contribution in [2.24, 2.45) is 0 Å². The SMILES string of the molecule is Cl.O=c1[nH]c(-c2ccc(N3CCN(Cc4ccccc4)CC3)cc2)ccc1Cl. The molecule has 1 aromatic heterocycles. The number of anilines is 1. The van der Waals surface area contributed by atoms with Gasteiger partial charge >= 0.3 is 0 Å². The molecule has 1 aliphatic rings. The van der Waals surface area contributed by atoms with Gasteiger partial charge in [-0.25, -0.2) is 0 Å². The van der Waals surface area contributed by atoms with Gasteiger partial charge < -0.3 is 9.88 Å². The number of nitrogens with one attached hydrogen (secondary N) is 1. The van der Waals surface area contributed by atoms with Crippen molar-refractivity contribution in [1.82, 2.24) is 9.88 Å². The number of piperazine rings is 1. The van der Waals surface area contributed by atoms with Crippen LogP contribution in [0, 0.1) is 0 Å². The maximum atomic E-state index is 11.7. The van der Waals surface area contributed by atoms with Crippen LogP contribution in [-0.2, 0) is 6.54 Å². The fourth-order valence-corrected chi connectivity index (χ4v) is 3.59. The van der Waals surface area contributed by atoms with Gasteiger partial charge in [0.2, 0.25) is 0 Å². The third kappa shape index (κ3) is 4.76. The summed E-state index contributed by atoms with van der Waals surface area (Å²) in [5.41, 5.74) is 4.09. The first-order valence-corrected chi connectivity index (χ1v) is 9.57. The fraction of sp³-hybridized carbons (Fsp3) is 0.227. The number of H-pyrrole nitrogens is 1. The van der Waals surface area contributed by atoms with E-state index < -0.39 is 0 Å². The van der Waals surface area contributed by atoms with E-state index >= 15 is 0 Å². The highest BCUT2D eigenvalue weighted by molar-refractivity contribution is 6.30. The molecule has 3 aromatic rings. The highest BCUT2D eigenvalue weighted by Gasteiger charge is 2.17. The second-order valence-electron chi connectivity index (χ2n) is 6.84. The predicted octanol–water partition coefficient (Wildman–Crippen LogP) is 4.44. The van der Waals surface area contributed by atoms with Crippen LogP contribution in [-0.4, -0.2) is 36.1 Å². The van der Waals surface area contributed by atoms with E-state index in [4.69, 9.17) is 11.6 Å². The van der Waals surface area contributed by atoms with Crippen molar-refractivity contribution in [3.63, 3.8) is 0 Å². The highest BCUT2D eigenvalue weighted by Crippen LogP contribution is 2.23. The normalized spacial score (nSPS) is 14.5. The Morgan fingerprint density at radius 1 is 0.857 bits per heavy atom. The Labute approximate surface area is 176 Å². The van der Waals surface area contributed by atoms with Gasteiger partial charge in [-0.1, -0.05) is 54.1 Å². The van der Waals surface area contributed by atoms with Gasteiger partial charge in [0.15, 0.2) is 0 Å². The minimum Gasteiger partial charge on any atom is -0.369 e. The van der Waals surface area contributed by atoms with Gasteiger partial charge in [-0.3, -0.25) is 9.69 Å². The Balaban J connectivity index is 0.00000225. The van der Waals surface area contributed by atoms with Crippen LogP contribution in [0.3, 0.4) is 0 Å². The Bertz CT molecular complexity index is 950. The Morgan fingerprint density at radius 3 is 2.18 bits per heavy atom. The second-order valence-corrected chi connectivity index (χ2v) is 7.25. The van der Waals surface area contributed by atoms with Crippen LogP contribution in [0.15, 0.2) is 71.5 Å². The van der Waals surface area contributed by atoms with E-state index in [9.17, 15) is 4.79 Å². The average molecular weight is 416 g/mol. The van der Waals surface area contributed by atoms with Crippen LogP contribution >= 0.6 is 24.0 Å². The number of rotatable bonds is 4. The number of hydrogen-bond acceptors (Lipinski definition) is 3. The predicted molar refractivity (Wildman–Crippen MR) is 119 cm³/mol. The largest absolute Gasteiger partial charge is 0.369 e. The number of aromatic amines is 1. The van der Waals surface area contributed by atoms with Gasteiger partial charge in [-0.2, -0.15) is 0 Å². The van der Waals surface area contributed by atoms with Crippen LogP contribution in [0.5, 0.6) is 0 Å². The van der Waals surface area contributed by atoms with Gasteiger partial charge in [0.25, 0.3) is 5.56 Å². The van der Waals surface area contributed by atoms with E-state index in [0.29, 0.717) is 0 Å². The van der Waals surface area contributed by atoms with Crippen LogP contribution in [0.25, 0.3) is 11.3 Å². The summed E-state index contributed by atoms with van der Waals surface area (Å²) in [7, 11) is 0. The minimum atomic E-state index is -0.257. The molecule has 4 nitrogen and oxygen atoms in total. The molecule has 0 bridgehead atoms. The smallest absolute Gasteiger partial charge is 0.267 e. The van der Waals surface area contributed by atoms with E-state index in [0.717, 1.165) is 44.0 Å². The van der Waals surface area contributed by atoms with Crippen molar-refractivity contribution in [1.29, 1.82) is 0 Å². The topological polar surface area (TPSA) is 39.3 Å². The lowest BCUT2D eigenvalue weighted by Crippen LogP contribution is -2.45. The summed E-state index contributed by atoms with van der Waals surface area (Å²) in [6.45, 7) is 5.16. The zero-order chi connectivity index (χ0) is 18.6. The summed E-state index contributed by atoms with van der Waals surface area (Å²) >= 11 is 5.80. The summed E-state index contributed by atoms with van der Waals surface area (Å²) in [6, 6.07) is 22.4. The van der Waals surface area contributed by atoms with Crippen molar-refractivity contribution < 1.29 is 0 Å². The lowest BCUT2D eigenvalue weighted by Gasteiger charge is -2.36. The number of pyridine rings is 1. The van der Waals surface area contributed by atoms with E-state index in [2.05, 4.69) is 57.2 Å². The molecule has 0 spiro atoms. The zero-order valence-corrected chi connectivity index (χ0v) is 17.0.